The summed E-state index contributed by atoms with van der Waals surface area (Å²) in [5, 5.41) is 0. The number of rotatable bonds is 4. The highest BCUT2D eigenvalue weighted by Gasteiger charge is 1.78. The van der Waals surface area contributed by atoms with Gasteiger partial charge in [-0.3, -0.25) is 0 Å². The van der Waals surface area contributed by atoms with Gasteiger partial charge in [-0.25, -0.2) is 0 Å². The van der Waals surface area contributed by atoms with E-state index < -0.39 is 0 Å². The van der Waals surface area contributed by atoms with E-state index in [1.165, 1.54) is 9.83 Å². The van der Waals surface area contributed by atoms with Gasteiger partial charge in [0.25, 0.3) is 0 Å². The summed E-state index contributed by atoms with van der Waals surface area (Å²) in [6.45, 7) is 3.58. The third-order valence-electron chi connectivity index (χ3n) is 0.458. The molecule has 0 aliphatic heterocycles. The predicted molar refractivity (Wildman–Crippen MR) is 43.8 cm³/mol. The molecule has 0 nitrogen and oxygen atoms in total. The quantitative estimate of drug-likeness (QED) is 0.285. The number of hydrogen-bond donors (Lipinski definition) is 1. The van der Waals surface area contributed by atoms with Crippen LogP contribution in [-0.4, -0.2) is 5.75 Å². The van der Waals surface area contributed by atoms with Crippen molar-refractivity contribution in [2.75, 3.05) is 5.75 Å². The Morgan fingerprint density at radius 2 is 2.43 bits per heavy atom. The van der Waals surface area contributed by atoms with E-state index in [-0.39, 0.29) is 0 Å². The lowest BCUT2D eigenvalue weighted by atomic mass is 10.5. The van der Waals surface area contributed by atoms with Gasteiger partial charge >= 0.3 is 0 Å². The molecule has 0 aliphatic rings. The van der Waals surface area contributed by atoms with Crippen LogP contribution in [0.2, 0.25) is 0 Å². The van der Waals surface area contributed by atoms with Crippen molar-refractivity contribution in [3.63, 3.8) is 0 Å². The molecule has 0 heterocycles. The fourth-order valence-electron chi connectivity index (χ4n) is 0.169. The van der Waals surface area contributed by atoms with Gasteiger partial charge in [-0.1, -0.05) is 28.5 Å². The summed E-state index contributed by atoms with van der Waals surface area (Å²) in [7, 11) is 3.25. The molecular formula is C4H8S3. The van der Waals surface area contributed by atoms with Gasteiger partial charge in [-0.2, -0.15) is 0 Å². The molecule has 0 aromatic rings. The SMILES string of the molecule is C=CCCSSS. The molecule has 0 spiro atoms. The lowest BCUT2D eigenvalue weighted by Gasteiger charge is -1.86. The Bertz CT molecular complexity index is 44.2. The lowest BCUT2D eigenvalue weighted by Crippen LogP contribution is -1.65. The van der Waals surface area contributed by atoms with Gasteiger partial charge in [0, 0.05) is 5.75 Å². The standard InChI is InChI=1S/C4H8S3/c1-2-3-4-6-7-5/h2,5H,1,3-4H2. The molecule has 0 rings (SSSR count). The fraction of sp³-hybridized carbons (Fsp3) is 0.500. The molecule has 0 aromatic heterocycles. The largest absolute Gasteiger partial charge is 0.103 e. The van der Waals surface area contributed by atoms with Crippen molar-refractivity contribution >= 4 is 32.3 Å². The normalized spacial score (nSPS) is 8.71. The molecule has 7 heavy (non-hydrogen) atoms. The summed E-state index contributed by atoms with van der Waals surface area (Å²) in [5.74, 6) is 1.12. The van der Waals surface area contributed by atoms with Crippen LogP contribution in [0.4, 0.5) is 0 Å². The minimum Gasteiger partial charge on any atom is -0.103 e. The van der Waals surface area contributed by atoms with E-state index in [2.05, 4.69) is 18.2 Å². The van der Waals surface area contributed by atoms with Crippen LogP contribution < -0.4 is 0 Å². The first-order valence-electron chi connectivity index (χ1n) is 1.95. The van der Waals surface area contributed by atoms with Crippen molar-refractivity contribution in [1.29, 1.82) is 0 Å². The molecule has 0 bridgehead atoms. The van der Waals surface area contributed by atoms with E-state index in [4.69, 9.17) is 0 Å². The molecular weight excluding hydrogens is 144 g/mol. The minimum atomic E-state index is 1.08. The topological polar surface area (TPSA) is 0 Å². The third-order valence-corrected chi connectivity index (χ3v) is 2.73. The summed E-state index contributed by atoms with van der Waals surface area (Å²) < 4.78 is 0. The Labute approximate surface area is 57.3 Å². The van der Waals surface area contributed by atoms with Gasteiger partial charge in [0.05, 0.1) is 0 Å². The summed E-state index contributed by atoms with van der Waals surface area (Å²) >= 11 is 3.94. The average Bonchev–Trinajstić information content (AvgIpc) is 1.69. The highest BCUT2D eigenvalue weighted by atomic mass is 33.5. The summed E-state index contributed by atoms with van der Waals surface area (Å²) in [4.78, 5) is 0. The number of allylic oxidation sites excluding steroid dienone is 1. The van der Waals surface area contributed by atoms with Crippen LogP contribution in [0.25, 0.3) is 0 Å². The first kappa shape index (κ1) is 7.79. The predicted octanol–water partition coefficient (Wildman–Crippen LogP) is 2.79. The zero-order chi connectivity index (χ0) is 5.54. The Hall–Kier alpha value is 0.790. The van der Waals surface area contributed by atoms with Crippen LogP contribution in [0.5, 0.6) is 0 Å². The first-order chi connectivity index (χ1) is 3.41. The summed E-state index contributed by atoms with van der Waals surface area (Å²) in [5.41, 5.74) is 0. The maximum absolute atomic E-state index is 3.94. The summed E-state index contributed by atoms with van der Waals surface area (Å²) in [6.07, 6.45) is 3.00. The molecule has 0 aromatic carbocycles. The van der Waals surface area contributed by atoms with Crippen LogP contribution in [0, 0.1) is 0 Å². The molecule has 0 fully saturated rings. The maximum Gasteiger partial charge on any atom is 0.00795 e. The average molecular weight is 152 g/mol. The minimum absolute atomic E-state index is 1.08. The van der Waals surface area contributed by atoms with Gasteiger partial charge in [-0.05, 0) is 16.2 Å². The Kier molecular flexibility index (Phi) is 7.56. The highest BCUT2D eigenvalue weighted by molar-refractivity contribution is 9.05. The van der Waals surface area contributed by atoms with Crippen LogP contribution in [0.1, 0.15) is 6.42 Å². The van der Waals surface area contributed by atoms with Gasteiger partial charge in [-0.15, -0.1) is 6.58 Å². The molecule has 0 atom stereocenters. The van der Waals surface area contributed by atoms with Crippen LogP contribution in [0.3, 0.4) is 0 Å². The molecule has 3 heteroatoms. The van der Waals surface area contributed by atoms with Crippen LogP contribution in [0.15, 0.2) is 12.7 Å². The second-order valence-corrected chi connectivity index (χ2v) is 4.26. The van der Waals surface area contributed by atoms with E-state index in [0.717, 1.165) is 12.2 Å². The molecule has 0 aliphatic carbocycles. The van der Waals surface area contributed by atoms with Gasteiger partial charge < -0.3 is 0 Å². The van der Waals surface area contributed by atoms with Crippen molar-refractivity contribution in [3.05, 3.63) is 12.7 Å². The van der Waals surface area contributed by atoms with E-state index >= 15 is 0 Å². The smallest absolute Gasteiger partial charge is 0.00795 e. The first-order valence-corrected chi connectivity index (χ1v) is 5.33. The maximum atomic E-state index is 3.94. The van der Waals surface area contributed by atoms with Crippen molar-refractivity contribution in [2.24, 2.45) is 0 Å². The highest BCUT2D eigenvalue weighted by Crippen LogP contribution is 2.24. The Morgan fingerprint density at radius 3 is 2.86 bits per heavy atom. The molecule has 0 radical (unpaired) electrons. The van der Waals surface area contributed by atoms with Crippen molar-refractivity contribution < 1.29 is 0 Å². The van der Waals surface area contributed by atoms with E-state index in [0.29, 0.717) is 0 Å². The second-order valence-electron chi connectivity index (χ2n) is 0.974. The van der Waals surface area contributed by atoms with Crippen molar-refractivity contribution in [3.8, 4) is 0 Å². The number of thiol groups is 1. The Morgan fingerprint density at radius 1 is 1.71 bits per heavy atom. The van der Waals surface area contributed by atoms with E-state index in [1.54, 1.807) is 10.8 Å². The fourth-order valence-corrected chi connectivity index (χ4v) is 1.69. The van der Waals surface area contributed by atoms with Crippen molar-refractivity contribution in [1.82, 2.24) is 0 Å². The van der Waals surface area contributed by atoms with Gasteiger partial charge in [0.2, 0.25) is 0 Å². The zero-order valence-electron chi connectivity index (χ0n) is 3.96. The summed E-state index contributed by atoms with van der Waals surface area (Å²) in [6, 6.07) is 0. The zero-order valence-corrected chi connectivity index (χ0v) is 6.49. The van der Waals surface area contributed by atoms with Crippen LogP contribution in [-0.2, 0) is 0 Å². The molecule has 0 amide bonds. The van der Waals surface area contributed by atoms with Crippen LogP contribution >= 0.6 is 32.3 Å². The third kappa shape index (κ3) is 6.79. The van der Waals surface area contributed by atoms with Crippen molar-refractivity contribution in [2.45, 2.75) is 6.42 Å². The monoisotopic (exact) mass is 152 g/mol. The molecule has 0 saturated carbocycles. The van der Waals surface area contributed by atoms with Gasteiger partial charge in [0.15, 0.2) is 0 Å². The molecule has 0 saturated heterocycles. The van der Waals surface area contributed by atoms with E-state index in [9.17, 15) is 0 Å². The second kappa shape index (κ2) is 6.79. The molecule has 42 valence electrons. The number of hydrogen-bond acceptors (Lipinski definition) is 3. The van der Waals surface area contributed by atoms with E-state index in [1.807, 2.05) is 6.08 Å². The van der Waals surface area contributed by atoms with Gasteiger partial charge in [0.1, 0.15) is 0 Å². The molecule has 0 N–H and O–H groups in total. The lowest BCUT2D eigenvalue weighted by molar-refractivity contribution is 1.26. The molecule has 0 unspecified atom stereocenters. The Balaban J connectivity index is 2.56.